The topological polar surface area (TPSA) is 18.5 Å². The highest BCUT2D eigenvalue weighted by atomic mass is 32.1. The van der Waals surface area contributed by atoms with Crippen molar-refractivity contribution >= 4 is 23.0 Å². The van der Waals surface area contributed by atoms with Crippen molar-refractivity contribution in [3.8, 4) is 0 Å². The minimum atomic E-state index is 0.610. The second-order valence-corrected chi connectivity index (χ2v) is 6.84. The van der Waals surface area contributed by atoms with Crippen molar-refractivity contribution < 1.29 is 0 Å². The maximum atomic E-state index is 5.57. The third-order valence-corrected chi connectivity index (χ3v) is 5.12. The van der Waals surface area contributed by atoms with Crippen LogP contribution in [0, 0.1) is 0 Å². The fraction of sp³-hybridized carbons (Fsp3) is 0.611. The first-order chi connectivity index (χ1) is 10.5. The van der Waals surface area contributed by atoms with Crippen LogP contribution in [0.25, 0.3) is 0 Å². The summed E-state index contributed by atoms with van der Waals surface area (Å²) < 4.78 is 0. The highest BCUT2D eigenvalue weighted by molar-refractivity contribution is 7.80. The summed E-state index contributed by atoms with van der Waals surface area (Å²) in [5.74, 6) is 0. The van der Waals surface area contributed by atoms with Crippen molar-refractivity contribution in [1.82, 2.24) is 9.80 Å². The van der Waals surface area contributed by atoms with Crippen molar-refractivity contribution in [3.05, 3.63) is 29.8 Å². The van der Waals surface area contributed by atoms with Gasteiger partial charge in [0, 0.05) is 30.9 Å². The van der Waals surface area contributed by atoms with E-state index in [1.807, 2.05) is 0 Å². The molecule has 1 aromatic rings. The largest absolute Gasteiger partial charge is 0.349 e. The molecule has 1 fully saturated rings. The average molecular weight is 320 g/mol. The fourth-order valence-electron chi connectivity index (χ4n) is 2.92. The summed E-state index contributed by atoms with van der Waals surface area (Å²) in [6.07, 6.45) is 3.44. The van der Waals surface area contributed by atoms with Crippen LogP contribution in [0.5, 0.6) is 0 Å². The number of anilines is 1. The van der Waals surface area contributed by atoms with Gasteiger partial charge in [-0.25, -0.2) is 0 Å². The summed E-state index contributed by atoms with van der Waals surface area (Å²) in [5.41, 5.74) is 2.44. The van der Waals surface area contributed by atoms with Gasteiger partial charge in [0.25, 0.3) is 0 Å². The summed E-state index contributed by atoms with van der Waals surface area (Å²) >= 11 is 5.57. The van der Waals surface area contributed by atoms with Gasteiger partial charge < -0.3 is 15.1 Å². The van der Waals surface area contributed by atoms with Crippen LogP contribution in [0.15, 0.2) is 24.3 Å². The zero-order chi connectivity index (χ0) is 16.1. The van der Waals surface area contributed by atoms with Crippen LogP contribution in [0.3, 0.4) is 0 Å². The van der Waals surface area contributed by atoms with Crippen LogP contribution >= 0.6 is 12.2 Å². The molecule has 3 nitrogen and oxygen atoms in total. The van der Waals surface area contributed by atoms with E-state index in [0.717, 1.165) is 30.3 Å². The summed E-state index contributed by atoms with van der Waals surface area (Å²) in [4.78, 5) is 4.78. The molecule has 2 rings (SSSR count). The number of likely N-dealkylation sites (tertiary alicyclic amines) is 1. The summed E-state index contributed by atoms with van der Waals surface area (Å²) in [7, 11) is 2.23. The molecule has 0 unspecified atom stereocenters. The zero-order valence-corrected chi connectivity index (χ0v) is 15.1. The molecule has 1 aliphatic heterocycles. The lowest BCUT2D eigenvalue weighted by Gasteiger charge is -2.39. The van der Waals surface area contributed by atoms with Gasteiger partial charge in [0.15, 0.2) is 5.11 Å². The summed E-state index contributed by atoms with van der Waals surface area (Å²) in [6, 6.07) is 9.85. The molecule has 1 saturated heterocycles. The molecule has 0 atom stereocenters. The van der Waals surface area contributed by atoms with E-state index in [1.165, 1.54) is 18.4 Å². The summed E-state index contributed by atoms with van der Waals surface area (Å²) in [6.45, 7) is 8.78. The van der Waals surface area contributed by atoms with Gasteiger partial charge in [-0.1, -0.05) is 19.1 Å². The Kier molecular flexibility index (Phi) is 6.21. The fourth-order valence-corrected chi connectivity index (χ4v) is 3.22. The quantitative estimate of drug-likeness (QED) is 0.852. The van der Waals surface area contributed by atoms with Crippen LogP contribution in [-0.2, 0) is 6.42 Å². The van der Waals surface area contributed by atoms with Gasteiger partial charge in [-0.2, -0.15) is 0 Å². The highest BCUT2D eigenvalue weighted by Gasteiger charge is 2.24. The standard InChI is InChI=1S/C18H29N3S/c1-5-15-6-8-16(9-7-15)19-18(22)21-12-10-17(11-13-21)20(4)14(2)3/h6-9,14,17H,5,10-13H2,1-4H3,(H,19,22). The molecule has 0 saturated carbocycles. The first kappa shape index (κ1) is 17.2. The smallest absolute Gasteiger partial charge is 0.173 e. The molecule has 0 amide bonds. The normalized spacial score (nSPS) is 16.4. The molecule has 1 N–H and O–H groups in total. The zero-order valence-electron chi connectivity index (χ0n) is 14.3. The van der Waals surface area contributed by atoms with Crippen LogP contribution in [0.4, 0.5) is 5.69 Å². The number of piperidine rings is 1. The Morgan fingerprint density at radius 1 is 1.27 bits per heavy atom. The van der Waals surface area contributed by atoms with E-state index < -0.39 is 0 Å². The van der Waals surface area contributed by atoms with Crippen LogP contribution in [0.1, 0.15) is 39.2 Å². The van der Waals surface area contributed by atoms with E-state index >= 15 is 0 Å². The van der Waals surface area contributed by atoms with E-state index in [4.69, 9.17) is 12.2 Å². The van der Waals surface area contributed by atoms with Crippen LogP contribution in [0.2, 0.25) is 0 Å². The van der Waals surface area contributed by atoms with E-state index in [1.54, 1.807) is 0 Å². The molecule has 1 heterocycles. The Morgan fingerprint density at radius 3 is 2.36 bits per heavy atom. The highest BCUT2D eigenvalue weighted by Crippen LogP contribution is 2.18. The third kappa shape index (κ3) is 4.43. The van der Waals surface area contributed by atoms with E-state index in [2.05, 4.69) is 67.2 Å². The molecule has 22 heavy (non-hydrogen) atoms. The van der Waals surface area contributed by atoms with Gasteiger partial charge in [-0.15, -0.1) is 0 Å². The maximum Gasteiger partial charge on any atom is 0.173 e. The van der Waals surface area contributed by atoms with Crippen molar-refractivity contribution in [2.75, 3.05) is 25.5 Å². The molecule has 0 bridgehead atoms. The number of thiocarbonyl (C=S) groups is 1. The number of aryl methyl sites for hydroxylation is 1. The SMILES string of the molecule is CCc1ccc(NC(=S)N2CCC(N(C)C(C)C)CC2)cc1. The number of rotatable bonds is 4. The molecule has 0 aromatic heterocycles. The number of benzene rings is 1. The Labute approximate surface area is 140 Å². The number of nitrogens with one attached hydrogen (secondary N) is 1. The Morgan fingerprint density at radius 2 is 1.86 bits per heavy atom. The molecular weight excluding hydrogens is 290 g/mol. The van der Waals surface area contributed by atoms with Gasteiger partial charge in [-0.05, 0) is 70.1 Å². The van der Waals surface area contributed by atoms with E-state index in [-0.39, 0.29) is 0 Å². The third-order valence-electron chi connectivity index (χ3n) is 4.76. The van der Waals surface area contributed by atoms with Crippen LogP contribution in [-0.4, -0.2) is 47.1 Å². The Hall–Kier alpha value is -1.13. The van der Waals surface area contributed by atoms with Crippen molar-refractivity contribution in [1.29, 1.82) is 0 Å². The lowest BCUT2D eigenvalue weighted by molar-refractivity contribution is 0.136. The second kappa shape index (κ2) is 7.93. The molecule has 4 heteroatoms. The van der Waals surface area contributed by atoms with Gasteiger partial charge in [-0.3, -0.25) is 0 Å². The van der Waals surface area contributed by atoms with Crippen molar-refractivity contribution in [3.63, 3.8) is 0 Å². The monoisotopic (exact) mass is 319 g/mol. The van der Waals surface area contributed by atoms with Gasteiger partial charge in [0.05, 0.1) is 0 Å². The maximum absolute atomic E-state index is 5.57. The van der Waals surface area contributed by atoms with E-state index in [0.29, 0.717) is 12.1 Å². The van der Waals surface area contributed by atoms with Gasteiger partial charge in [0.1, 0.15) is 0 Å². The Bertz CT molecular complexity index is 476. The number of hydrogen-bond donors (Lipinski definition) is 1. The minimum Gasteiger partial charge on any atom is -0.349 e. The average Bonchev–Trinajstić information content (AvgIpc) is 2.55. The van der Waals surface area contributed by atoms with Gasteiger partial charge in [0.2, 0.25) is 0 Å². The summed E-state index contributed by atoms with van der Waals surface area (Å²) in [5, 5.41) is 4.23. The second-order valence-electron chi connectivity index (χ2n) is 6.46. The Balaban J connectivity index is 1.84. The van der Waals surface area contributed by atoms with E-state index in [9.17, 15) is 0 Å². The molecule has 0 spiro atoms. The van der Waals surface area contributed by atoms with Gasteiger partial charge >= 0.3 is 0 Å². The lowest BCUT2D eigenvalue weighted by atomic mass is 10.0. The first-order valence-corrected chi connectivity index (χ1v) is 8.79. The molecule has 0 aliphatic carbocycles. The number of hydrogen-bond acceptors (Lipinski definition) is 2. The van der Waals surface area contributed by atoms with Crippen molar-refractivity contribution in [2.45, 2.75) is 52.1 Å². The predicted molar refractivity (Wildman–Crippen MR) is 99.5 cm³/mol. The van der Waals surface area contributed by atoms with Crippen molar-refractivity contribution in [2.24, 2.45) is 0 Å². The molecule has 1 aliphatic rings. The minimum absolute atomic E-state index is 0.610. The number of nitrogens with zero attached hydrogens (tertiary/aromatic N) is 2. The van der Waals surface area contributed by atoms with Crippen LogP contribution < -0.4 is 5.32 Å². The lowest BCUT2D eigenvalue weighted by Crippen LogP contribution is -2.48. The molecule has 0 radical (unpaired) electrons. The predicted octanol–water partition coefficient (Wildman–Crippen LogP) is 3.75. The molecule has 122 valence electrons. The molecule has 1 aromatic carbocycles. The molecular formula is C18H29N3S. The first-order valence-electron chi connectivity index (χ1n) is 8.38.